The van der Waals surface area contributed by atoms with Crippen LogP contribution in [0.5, 0.6) is 11.5 Å². The van der Waals surface area contributed by atoms with Gasteiger partial charge in [0.1, 0.15) is 6.61 Å². The fourth-order valence-electron chi connectivity index (χ4n) is 1.95. The van der Waals surface area contributed by atoms with Crippen LogP contribution in [0.15, 0.2) is 24.3 Å². The predicted octanol–water partition coefficient (Wildman–Crippen LogP) is 2.38. The Morgan fingerprint density at radius 2 is 2.05 bits per heavy atom. The molecule has 0 bridgehead atoms. The Kier molecular flexibility index (Phi) is 3.94. The molecular weight excluding hydrogens is 242 g/mol. The molecule has 0 saturated heterocycles. The first-order valence-electron chi connectivity index (χ1n) is 6.23. The van der Waals surface area contributed by atoms with Gasteiger partial charge in [0.2, 0.25) is 0 Å². The Balaban J connectivity index is 2.15. The first kappa shape index (κ1) is 13.3. The number of nitrogens with two attached hydrogens (primary N) is 1. The molecule has 5 nitrogen and oxygen atoms in total. The topological polar surface area (TPSA) is 62.3 Å². The summed E-state index contributed by atoms with van der Waals surface area (Å²) in [5, 5.41) is 4.38. The molecule has 19 heavy (non-hydrogen) atoms. The normalized spacial score (nSPS) is 10.5. The van der Waals surface area contributed by atoms with Crippen LogP contribution >= 0.6 is 0 Å². The van der Waals surface area contributed by atoms with E-state index in [1.165, 1.54) is 0 Å². The summed E-state index contributed by atoms with van der Waals surface area (Å²) in [6.07, 6.45) is 0. The van der Waals surface area contributed by atoms with E-state index in [1.54, 1.807) is 25.3 Å². The van der Waals surface area contributed by atoms with Crippen molar-refractivity contribution in [1.82, 2.24) is 9.78 Å². The molecule has 0 fully saturated rings. The smallest absolute Gasteiger partial charge is 0.163 e. The van der Waals surface area contributed by atoms with Crippen LogP contribution in [0.3, 0.4) is 0 Å². The summed E-state index contributed by atoms with van der Waals surface area (Å²) < 4.78 is 13.0. The van der Waals surface area contributed by atoms with Crippen molar-refractivity contribution < 1.29 is 9.47 Å². The van der Waals surface area contributed by atoms with Crippen LogP contribution in [0.1, 0.15) is 18.3 Å². The summed E-state index contributed by atoms with van der Waals surface area (Å²) in [7, 11) is 1.61. The number of rotatable bonds is 5. The molecule has 0 atom stereocenters. The van der Waals surface area contributed by atoms with Crippen LogP contribution in [-0.2, 0) is 13.2 Å². The average Bonchev–Trinajstić information content (AvgIpc) is 2.77. The summed E-state index contributed by atoms with van der Waals surface area (Å²) in [5.41, 5.74) is 8.43. The molecule has 1 heterocycles. The second-order valence-corrected chi connectivity index (χ2v) is 4.29. The average molecular weight is 261 g/mol. The van der Waals surface area contributed by atoms with E-state index in [2.05, 4.69) is 12.0 Å². The molecule has 2 N–H and O–H groups in total. The number of nitrogens with zero attached hydrogens (tertiary/aromatic N) is 2. The number of nitrogen functional groups attached to an aromatic ring is 1. The highest BCUT2D eigenvalue weighted by Crippen LogP contribution is 2.29. The zero-order valence-corrected chi connectivity index (χ0v) is 11.5. The van der Waals surface area contributed by atoms with Gasteiger partial charge in [-0.25, -0.2) is 0 Å². The van der Waals surface area contributed by atoms with Crippen LogP contribution in [0, 0.1) is 6.92 Å². The number of aromatic nitrogens is 2. The molecule has 102 valence electrons. The van der Waals surface area contributed by atoms with Gasteiger partial charge in [-0.3, -0.25) is 4.68 Å². The number of methoxy groups -OCH3 is 1. The van der Waals surface area contributed by atoms with E-state index in [1.807, 2.05) is 17.7 Å². The molecular formula is C14H19N3O2. The van der Waals surface area contributed by atoms with Crippen LogP contribution < -0.4 is 15.2 Å². The second kappa shape index (κ2) is 5.65. The van der Waals surface area contributed by atoms with Gasteiger partial charge in [-0.2, -0.15) is 5.10 Å². The second-order valence-electron chi connectivity index (χ2n) is 4.29. The van der Waals surface area contributed by atoms with Gasteiger partial charge in [0.05, 0.1) is 18.5 Å². The molecule has 0 amide bonds. The Labute approximate surface area is 112 Å². The van der Waals surface area contributed by atoms with Crippen molar-refractivity contribution in [1.29, 1.82) is 0 Å². The van der Waals surface area contributed by atoms with Crippen molar-refractivity contribution in [3.05, 3.63) is 35.7 Å². The molecule has 1 aromatic heterocycles. The van der Waals surface area contributed by atoms with Crippen molar-refractivity contribution in [3.63, 3.8) is 0 Å². The van der Waals surface area contributed by atoms with E-state index in [-0.39, 0.29) is 0 Å². The molecule has 2 rings (SSSR count). The lowest BCUT2D eigenvalue weighted by Crippen LogP contribution is -2.06. The summed E-state index contributed by atoms with van der Waals surface area (Å²) in [6, 6.07) is 7.36. The zero-order chi connectivity index (χ0) is 13.8. The largest absolute Gasteiger partial charge is 0.493 e. The van der Waals surface area contributed by atoms with E-state index >= 15 is 0 Å². The first-order chi connectivity index (χ1) is 9.13. The van der Waals surface area contributed by atoms with Crippen molar-refractivity contribution in [3.8, 4) is 11.5 Å². The zero-order valence-electron chi connectivity index (χ0n) is 11.5. The molecule has 5 heteroatoms. The lowest BCUT2D eigenvalue weighted by atomic mass is 10.3. The number of hydrogen-bond donors (Lipinski definition) is 1. The SMILES string of the molecule is CCn1nc(C)cc1COc1cc(N)ccc1OC. The van der Waals surface area contributed by atoms with E-state index in [4.69, 9.17) is 15.2 Å². The van der Waals surface area contributed by atoms with Crippen LogP contribution in [0.4, 0.5) is 5.69 Å². The van der Waals surface area contributed by atoms with Gasteiger partial charge in [0, 0.05) is 18.3 Å². The van der Waals surface area contributed by atoms with E-state index in [0.717, 1.165) is 17.9 Å². The third-order valence-electron chi connectivity index (χ3n) is 2.85. The Morgan fingerprint density at radius 1 is 1.26 bits per heavy atom. The minimum absolute atomic E-state index is 0.439. The third kappa shape index (κ3) is 2.99. The number of aryl methyl sites for hydroxylation is 2. The first-order valence-corrected chi connectivity index (χ1v) is 6.23. The number of anilines is 1. The maximum absolute atomic E-state index is 5.78. The molecule has 1 aromatic carbocycles. The molecule has 0 unspecified atom stereocenters. The molecule has 0 aliphatic rings. The molecule has 0 aliphatic heterocycles. The quantitative estimate of drug-likeness (QED) is 0.839. The highest BCUT2D eigenvalue weighted by Gasteiger charge is 2.08. The van der Waals surface area contributed by atoms with Gasteiger partial charge in [-0.05, 0) is 32.0 Å². The molecule has 0 radical (unpaired) electrons. The molecule has 2 aromatic rings. The van der Waals surface area contributed by atoms with E-state index < -0.39 is 0 Å². The van der Waals surface area contributed by atoms with Gasteiger partial charge >= 0.3 is 0 Å². The molecule has 0 spiro atoms. The summed E-state index contributed by atoms with van der Waals surface area (Å²) >= 11 is 0. The minimum Gasteiger partial charge on any atom is -0.493 e. The van der Waals surface area contributed by atoms with Gasteiger partial charge < -0.3 is 15.2 Å². The predicted molar refractivity (Wildman–Crippen MR) is 74.4 cm³/mol. The van der Waals surface area contributed by atoms with Crippen LogP contribution in [0.2, 0.25) is 0 Å². The van der Waals surface area contributed by atoms with Crippen molar-refractivity contribution in [2.45, 2.75) is 27.0 Å². The fourth-order valence-corrected chi connectivity index (χ4v) is 1.95. The van der Waals surface area contributed by atoms with Crippen LogP contribution in [-0.4, -0.2) is 16.9 Å². The summed E-state index contributed by atoms with van der Waals surface area (Å²) in [4.78, 5) is 0. The van der Waals surface area contributed by atoms with Crippen molar-refractivity contribution in [2.75, 3.05) is 12.8 Å². The van der Waals surface area contributed by atoms with E-state index in [9.17, 15) is 0 Å². The maximum Gasteiger partial charge on any atom is 0.163 e. The highest BCUT2D eigenvalue weighted by molar-refractivity contribution is 5.51. The van der Waals surface area contributed by atoms with Crippen molar-refractivity contribution in [2.24, 2.45) is 0 Å². The van der Waals surface area contributed by atoms with E-state index in [0.29, 0.717) is 23.8 Å². The maximum atomic E-state index is 5.78. The number of ether oxygens (including phenoxy) is 2. The van der Waals surface area contributed by atoms with Gasteiger partial charge in [0.15, 0.2) is 11.5 Å². The van der Waals surface area contributed by atoms with Crippen molar-refractivity contribution >= 4 is 5.69 Å². The van der Waals surface area contributed by atoms with Crippen LogP contribution in [0.25, 0.3) is 0 Å². The monoisotopic (exact) mass is 261 g/mol. The Morgan fingerprint density at radius 3 is 2.74 bits per heavy atom. The molecule has 0 aliphatic carbocycles. The summed E-state index contributed by atoms with van der Waals surface area (Å²) in [5.74, 6) is 1.32. The highest BCUT2D eigenvalue weighted by atomic mass is 16.5. The lowest BCUT2D eigenvalue weighted by molar-refractivity contribution is 0.274. The molecule has 0 saturated carbocycles. The third-order valence-corrected chi connectivity index (χ3v) is 2.85. The fraction of sp³-hybridized carbons (Fsp3) is 0.357. The number of benzene rings is 1. The minimum atomic E-state index is 0.439. The van der Waals surface area contributed by atoms with Gasteiger partial charge in [-0.1, -0.05) is 0 Å². The Hall–Kier alpha value is -2.17. The lowest BCUT2D eigenvalue weighted by Gasteiger charge is -2.11. The standard InChI is InChI=1S/C14H19N3O2/c1-4-17-12(7-10(2)16-17)9-19-14-8-11(15)5-6-13(14)18-3/h5-8H,4,9,15H2,1-3H3. The van der Waals surface area contributed by atoms with Gasteiger partial charge in [0.25, 0.3) is 0 Å². The van der Waals surface area contributed by atoms with Gasteiger partial charge in [-0.15, -0.1) is 0 Å². The number of hydrogen-bond acceptors (Lipinski definition) is 4. The summed E-state index contributed by atoms with van der Waals surface area (Å²) in [6.45, 7) is 5.28. The Bertz CT molecular complexity index is 564.